The van der Waals surface area contributed by atoms with Gasteiger partial charge in [0, 0.05) is 10.0 Å². The zero-order chi connectivity index (χ0) is 13.8. The lowest BCUT2D eigenvalue weighted by atomic mass is 10.2. The first-order valence-corrected chi connectivity index (χ1v) is 6.21. The first kappa shape index (κ1) is 13.7. The van der Waals surface area contributed by atoms with Crippen LogP contribution < -0.4 is 4.74 Å². The molecule has 0 aromatic heterocycles. The maximum Gasteiger partial charge on any atom is 0.159 e. The average molecular weight is 327 g/mol. The van der Waals surface area contributed by atoms with E-state index in [2.05, 4.69) is 15.9 Å². The lowest BCUT2D eigenvalue weighted by Crippen LogP contribution is -1.98. The lowest BCUT2D eigenvalue weighted by Gasteiger charge is -2.07. The summed E-state index contributed by atoms with van der Waals surface area (Å²) in [6.07, 6.45) is 0.703. The zero-order valence-electron chi connectivity index (χ0n) is 9.70. The summed E-state index contributed by atoms with van der Waals surface area (Å²) in [4.78, 5) is 10.8. The number of carbonyl (C=O) groups excluding carboxylic acids is 1. The van der Waals surface area contributed by atoms with Gasteiger partial charge in [-0.15, -0.1) is 0 Å². The molecule has 0 saturated heterocycles. The minimum absolute atomic E-state index is 0.0944. The van der Waals surface area contributed by atoms with Gasteiger partial charge in [0.25, 0.3) is 0 Å². The van der Waals surface area contributed by atoms with Crippen molar-refractivity contribution in [2.45, 2.75) is 6.61 Å². The number of hydrogen-bond donors (Lipinski definition) is 0. The highest BCUT2D eigenvalue weighted by atomic mass is 79.9. The number of carbonyl (C=O) groups is 1. The molecule has 2 aromatic carbocycles. The minimum atomic E-state index is -0.912. The van der Waals surface area contributed by atoms with Crippen LogP contribution in [0, 0.1) is 11.6 Å². The first-order valence-electron chi connectivity index (χ1n) is 5.41. The molecule has 0 amide bonds. The van der Waals surface area contributed by atoms with Crippen LogP contribution in [0.1, 0.15) is 15.9 Å². The quantitative estimate of drug-likeness (QED) is 0.790. The van der Waals surface area contributed by atoms with Gasteiger partial charge in [0.05, 0.1) is 0 Å². The zero-order valence-corrected chi connectivity index (χ0v) is 11.3. The van der Waals surface area contributed by atoms with Gasteiger partial charge in [0.1, 0.15) is 12.4 Å². The molecule has 2 rings (SSSR count). The Balaban J connectivity index is 2.09. The maximum atomic E-state index is 13.0. The molecule has 0 N–H and O–H groups in total. The van der Waals surface area contributed by atoms with E-state index in [4.69, 9.17) is 4.74 Å². The van der Waals surface area contributed by atoms with Gasteiger partial charge in [-0.2, -0.15) is 0 Å². The molecule has 0 aliphatic heterocycles. The molecule has 5 heteroatoms. The maximum absolute atomic E-state index is 13.0. The molecule has 0 aliphatic carbocycles. The first-order chi connectivity index (χ1) is 9.10. The summed E-state index contributed by atoms with van der Waals surface area (Å²) in [5, 5.41) is 0. The van der Waals surface area contributed by atoms with E-state index in [9.17, 15) is 13.6 Å². The average Bonchev–Trinajstić information content (AvgIpc) is 2.41. The van der Waals surface area contributed by atoms with Crippen molar-refractivity contribution in [2.24, 2.45) is 0 Å². The number of rotatable bonds is 4. The highest BCUT2D eigenvalue weighted by Crippen LogP contribution is 2.22. The Hall–Kier alpha value is -1.75. The van der Waals surface area contributed by atoms with Crippen LogP contribution in [0.25, 0.3) is 0 Å². The summed E-state index contributed by atoms with van der Waals surface area (Å²) in [5.74, 6) is -1.32. The molecule has 0 heterocycles. The van der Waals surface area contributed by atoms with Crippen molar-refractivity contribution in [3.05, 3.63) is 63.6 Å². The van der Waals surface area contributed by atoms with Crippen molar-refractivity contribution in [2.75, 3.05) is 0 Å². The fourth-order valence-electron chi connectivity index (χ4n) is 1.50. The van der Waals surface area contributed by atoms with Gasteiger partial charge in [-0.3, -0.25) is 4.79 Å². The van der Waals surface area contributed by atoms with Gasteiger partial charge in [-0.05, 0) is 35.9 Å². The van der Waals surface area contributed by atoms with Gasteiger partial charge in [0.2, 0.25) is 0 Å². The number of ether oxygens (including phenoxy) is 1. The molecular formula is C14H9BrF2O2. The summed E-state index contributed by atoms with van der Waals surface area (Å²) in [6, 6.07) is 8.50. The fourth-order valence-corrected chi connectivity index (χ4v) is 1.84. The van der Waals surface area contributed by atoms with Crippen molar-refractivity contribution in [1.82, 2.24) is 0 Å². The number of hydrogen-bond acceptors (Lipinski definition) is 2. The summed E-state index contributed by atoms with van der Waals surface area (Å²) in [5.41, 5.74) is 0.970. The Labute approximate surface area is 117 Å². The SMILES string of the molecule is O=Cc1cc(OCc2ccc(F)c(F)c2)ccc1Br. The molecule has 0 spiro atoms. The molecule has 98 valence electrons. The van der Waals surface area contributed by atoms with Crippen molar-refractivity contribution in [3.8, 4) is 5.75 Å². The number of halogens is 3. The molecule has 0 unspecified atom stereocenters. The van der Waals surface area contributed by atoms with Crippen molar-refractivity contribution in [1.29, 1.82) is 0 Å². The molecular weight excluding hydrogens is 318 g/mol. The van der Waals surface area contributed by atoms with Gasteiger partial charge in [-0.1, -0.05) is 22.0 Å². The normalized spacial score (nSPS) is 10.3. The van der Waals surface area contributed by atoms with Crippen LogP contribution in [0.5, 0.6) is 5.75 Å². The smallest absolute Gasteiger partial charge is 0.159 e. The third-order valence-corrected chi connectivity index (χ3v) is 3.21. The monoisotopic (exact) mass is 326 g/mol. The summed E-state index contributed by atoms with van der Waals surface area (Å²) in [7, 11) is 0. The van der Waals surface area contributed by atoms with Crippen LogP contribution >= 0.6 is 15.9 Å². The topological polar surface area (TPSA) is 26.3 Å². The van der Waals surface area contributed by atoms with Crippen LogP contribution in [-0.2, 0) is 6.61 Å². The third-order valence-electron chi connectivity index (χ3n) is 2.48. The largest absolute Gasteiger partial charge is 0.489 e. The Morgan fingerprint density at radius 1 is 1.11 bits per heavy atom. The van der Waals surface area contributed by atoms with Crippen molar-refractivity contribution in [3.63, 3.8) is 0 Å². The van der Waals surface area contributed by atoms with E-state index >= 15 is 0 Å². The summed E-state index contributed by atoms with van der Waals surface area (Å²) >= 11 is 3.23. The molecule has 2 nitrogen and oxygen atoms in total. The fraction of sp³-hybridized carbons (Fsp3) is 0.0714. The van der Waals surface area contributed by atoms with Gasteiger partial charge in [-0.25, -0.2) is 8.78 Å². The number of benzene rings is 2. The van der Waals surface area contributed by atoms with Crippen LogP contribution in [0.4, 0.5) is 8.78 Å². The number of aldehydes is 1. The Bertz CT molecular complexity index is 614. The van der Waals surface area contributed by atoms with Crippen LogP contribution in [0.15, 0.2) is 40.9 Å². The van der Waals surface area contributed by atoms with Crippen molar-refractivity contribution < 1.29 is 18.3 Å². The summed E-state index contributed by atoms with van der Waals surface area (Å²) in [6.45, 7) is 0.0944. The van der Waals surface area contributed by atoms with E-state index in [1.807, 2.05) is 0 Å². The predicted octanol–water partition coefficient (Wildman–Crippen LogP) is 4.12. The van der Waals surface area contributed by atoms with Gasteiger partial charge < -0.3 is 4.74 Å². The second kappa shape index (κ2) is 5.93. The third kappa shape index (κ3) is 3.38. The van der Waals surface area contributed by atoms with Crippen LogP contribution in [-0.4, -0.2) is 6.29 Å². The van der Waals surface area contributed by atoms with E-state index in [0.717, 1.165) is 12.1 Å². The molecule has 0 saturated carbocycles. The van der Waals surface area contributed by atoms with Crippen LogP contribution in [0.2, 0.25) is 0 Å². The minimum Gasteiger partial charge on any atom is -0.489 e. The Kier molecular flexibility index (Phi) is 4.27. The molecule has 0 radical (unpaired) electrons. The standard InChI is InChI=1S/C14H9BrF2O2/c15-12-3-2-11(6-10(12)7-18)19-8-9-1-4-13(16)14(17)5-9/h1-7H,8H2. The van der Waals surface area contributed by atoms with E-state index in [1.54, 1.807) is 18.2 Å². The Morgan fingerprint density at radius 2 is 1.89 bits per heavy atom. The molecule has 2 aromatic rings. The van der Waals surface area contributed by atoms with Crippen molar-refractivity contribution >= 4 is 22.2 Å². The highest BCUT2D eigenvalue weighted by molar-refractivity contribution is 9.10. The molecule has 0 aliphatic rings. The van der Waals surface area contributed by atoms with E-state index in [1.165, 1.54) is 6.07 Å². The van der Waals surface area contributed by atoms with Gasteiger partial charge in [0.15, 0.2) is 17.9 Å². The van der Waals surface area contributed by atoms with Gasteiger partial charge >= 0.3 is 0 Å². The molecule has 0 bridgehead atoms. The highest BCUT2D eigenvalue weighted by Gasteiger charge is 2.05. The predicted molar refractivity (Wildman–Crippen MR) is 70.2 cm³/mol. The lowest BCUT2D eigenvalue weighted by molar-refractivity contribution is 0.112. The molecule has 0 fully saturated rings. The second-order valence-electron chi connectivity index (χ2n) is 3.84. The Morgan fingerprint density at radius 3 is 2.58 bits per heavy atom. The molecule has 19 heavy (non-hydrogen) atoms. The molecule has 0 atom stereocenters. The van der Waals surface area contributed by atoms with Crippen LogP contribution in [0.3, 0.4) is 0 Å². The summed E-state index contributed by atoms with van der Waals surface area (Å²) < 4.78 is 31.8. The van der Waals surface area contributed by atoms with E-state index in [0.29, 0.717) is 27.6 Å². The van der Waals surface area contributed by atoms with E-state index in [-0.39, 0.29) is 6.61 Å². The second-order valence-corrected chi connectivity index (χ2v) is 4.69. The van der Waals surface area contributed by atoms with E-state index < -0.39 is 11.6 Å².